The van der Waals surface area contributed by atoms with Gasteiger partial charge in [-0.2, -0.15) is 13.2 Å². The molecule has 3 amide bonds. The molecule has 1 N–H and O–H groups in total. The van der Waals surface area contributed by atoms with E-state index >= 15 is 0 Å². The lowest BCUT2D eigenvalue weighted by Crippen LogP contribution is -2.60. The molecule has 0 saturated carbocycles. The van der Waals surface area contributed by atoms with E-state index < -0.39 is 30.4 Å². The van der Waals surface area contributed by atoms with Gasteiger partial charge in [-0.1, -0.05) is 6.07 Å². The molecule has 2 aliphatic rings. The van der Waals surface area contributed by atoms with Crippen molar-refractivity contribution in [2.24, 2.45) is 0 Å². The fourth-order valence-corrected chi connectivity index (χ4v) is 2.51. The van der Waals surface area contributed by atoms with Gasteiger partial charge < -0.3 is 14.2 Å². The van der Waals surface area contributed by atoms with E-state index in [1.165, 1.54) is 19.1 Å². The minimum Gasteiger partial charge on any atom is -0.454 e. The number of carbonyl (C=O) groups excluding carboxylic acids is 2. The molecule has 0 unspecified atom stereocenters. The monoisotopic (exact) mass is 346 g/mol. The fourth-order valence-electron chi connectivity index (χ4n) is 2.51. The number of amides is 3. The molecule has 24 heavy (non-hydrogen) atoms. The summed E-state index contributed by atoms with van der Waals surface area (Å²) in [4.78, 5) is 24.6. The zero-order valence-corrected chi connectivity index (χ0v) is 12.5. The summed E-state index contributed by atoms with van der Waals surface area (Å²) >= 11 is 0. The standard InChI is InChI=1S/C14H13F3N2O5/c1-2-24-13(14(15,16)17)11(20)19(12(21)18-13)6-8-3-4-9-10(5-8)23-7-22-9/h3-5H,2,6-7H2,1H3,(H,18,21)/t13-/m1/s1. The SMILES string of the molecule is CCO[C@]1(C(F)(F)F)NC(=O)N(Cc2ccc3c(c2)OCO3)C1=O. The molecule has 10 heteroatoms. The zero-order valence-electron chi connectivity index (χ0n) is 12.5. The second-order valence-corrected chi connectivity index (χ2v) is 5.12. The van der Waals surface area contributed by atoms with E-state index in [0.717, 1.165) is 0 Å². The molecule has 0 radical (unpaired) electrons. The van der Waals surface area contributed by atoms with Crippen molar-refractivity contribution in [3.05, 3.63) is 23.8 Å². The lowest BCUT2D eigenvalue weighted by molar-refractivity contribution is -0.270. The maximum atomic E-state index is 13.3. The third kappa shape index (κ3) is 2.42. The summed E-state index contributed by atoms with van der Waals surface area (Å²) in [6, 6.07) is 3.40. The number of alkyl halides is 3. The molecule has 0 spiro atoms. The van der Waals surface area contributed by atoms with Crippen LogP contribution < -0.4 is 14.8 Å². The van der Waals surface area contributed by atoms with Gasteiger partial charge >= 0.3 is 17.9 Å². The number of fused-ring (bicyclic) bond motifs is 1. The van der Waals surface area contributed by atoms with Crippen molar-refractivity contribution >= 4 is 11.9 Å². The number of rotatable bonds is 4. The van der Waals surface area contributed by atoms with Crippen LogP contribution in [-0.2, 0) is 16.1 Å². The van der Waals surface area contributed by atoms with Gasteiger partial charge in [0.15, 0.2) is 11.5 Å². The normalized spacial score (nSPS) is 22.9. The van der Waals surface area contributed by atoms with E-state index in [2.05, 4.69) is 4.74 Å². The Kier molecular flexibility index (Phi) is 3.78. The molecule has 2 aliphatic heterocycles. The highest BCUT2D eigenvalue weighted by molar-refractivity contribution is 6.06. The molecule has 0 aliphatic carbocycles. The molecule has 2 heterocycles. The summed E-state index contributed by atoms with van der Waals surface area (Å²) in [5, 5.41) is 1.61. The summed E-state index contributed by atoms with van der Waals surface area (Å²) in [7, 11) is 0. The Morgan fingerprint density at radius 3 is 2.67 bits per heavy atom. The number of imide groups is 1. The molecule has 1 aromatic rings. The van der Waals surface area contributed by atoms with Crippen LogP contribution in [0.25, 0.3) is 0 Å². The number of ether oxygens (including phenoxy) is 3. The van der Waals surface area contributed by atoms with E-state index in [9.17, 15) is 22.8 Å². The first-order valence-corrected chi connectivity index (χ1v) is 7.02. The number of nitrogens with zero attached hydrogens (tertiary/aromatic N) is 1. The Morgan fingerprint density at radius 2 is 2.00 bits per heavy atom. The number of nitrogens with one attached hydrogen (secondary N) is 1. The van der Waals surface area contributed by atoms with Gasteiger partial charge in [-0.3, -0.25) is 15.0 Å². The molecule has 0 bridgehead atoms. The van der Waals surface area contributed by atoms with Crippen molar-refractivity contribution in [2.45, 2.75) is 25.4 Å². The van der Waals surface area contributed by atoms with Gasteiger partial charge in [-0.05, 0) is 24.6 Å². The van der Waals surface area contributed by atoms with Gasteiger partial charge in [0.2, 0.25) is 6.79 Å². The highest BCUT2D eigenvalue weighted by Crippen LogP contribution is 2.38. The number of benzene rings is 1. The molecule has 7 nitrogen and oxygen atoms in total. The Balaban J connectivity index is 1.86. The first-order chi connectivity index (χ1) is 11.3. The van der Waals surface area contributed by atoms with Crippen LogP contribution in [-0.4, -0.2) is 42.1 Å². The predicted octanol–water partition coefficient (Wildman–Crippen LogP) is 1.76. The van der Waals surface area contributed by atoms with Crippen molar-refractivity contribution in [1.29, 1.82) is 0 Å². The summed E-state index contributed by atoms with van der Waals surface area (Å²) in [5.41, 5.74) is -2.94. The fraction of sp³-hybridized carbons (Fsp3) is 0.429. The summed E-state index contributed by atoms with van der Waals surface area (Å²) in [5.74, 6) is -0.624. The summed E-state index contributed by atoms with van der Waals surface area (Å²) < 4.78 is 54.8. The van der Waals surface area contributed by atoms with Crippen LogP contribution in [0.2, 0.25) is 0 Å². The molecule has 3 rings (SSSR count). The van der Waals surface area contributed by atoms with E-state index in [0.29, 0.717) is 22.0 Å². The Bertz CT molecular complexity index is 693. The highest BCUT2D eigenvalue weighted by Gasteiger charge is 2.69. The first-order valence-electron chi connectivity index (χ1n) is 7.02. The van der Waals surface area contributed by atoms with Crippen LogP contribution in [0.1, 0.15) is 12.5 Å². The van der Waals surface area contributed by atoms with Crippen LogP contribution in [0.15, 0.2) is 18.2 Å². The molecule has 0 aromatic heterocycles. The van der Waals surface area contributed by atoms with Crippen molar-refractivity contribution in [2.75, 3.05) is 13.4 Å². The molecular formula is C14H13F3N2O5. The average Bonchev–Trinajstić information content (AvgIpc) is 3.05. The molecular weight excluding hydrogens is 333 g/mol. The molecule has 130 valence electrons. The van der Waals surface area contributed by atoms with E-state index in [-0.39, 0.29) is 13.3 Å². The van der Waals surface area contributed by atoms with Crippen molar-refractivity contribution in [3.8, 4) is 11.5 Å². The number of carbonyl (C=O) groups is 2. The lowest BCUT2D eigenvalue weighted by atomic mass is 10.1. The van der Waals surface area contributed by atoms with Crippen molar-refractivity contribution < 1.29 is 37.0 Å². The Labute approximate surface area is 134 Å². The Morgan fingerprint density at radius 1 is 1.29 bits per heavy atom. The van der Waals surface area contributed by atoms with Crippen LogP contribution >= 0.6 is 0 Å². The van der Waals surface area contributed by atoms with Crippen LogP contribution in [0.3, 0.4) is 0 Å². The average molecular weight is 346 g/mol. The second-order valence-electron chi connectivity index (χ2n) is 5.12. The lowest BCUT2D eigenvalue weighted by Gasteiger charge is -2.28. The van der Waals surface area contributed by atoms with Crippen molar-refractivity contribution in [3.63, 3.8) is 0 Å². The molecule has 1 atom stereocenters. The van der Waals surface area contributed by atoms with Crippen LogP contribution in [0.5, 0.6) is 11.5 Å². The quantitative estimate of drug-likeness (QED) is 0.841. The van der Waals surface area contributed by atoms with Gasteiger partial charge in [0, 0.05) is 6.61 Å². The summed E-state index contributed by atoms with van der Waals surface area (Å²) in [6.45, 7) is 0.576. The number of halogens is 3. The minimum absolute atomic E-state index is 0.0312. The van der Waals surface area contributed by atoms with Crippen LogP contribution in [0, 0.1) is 0 Å². The molecule has 1 fully saturated rings. The smallest absolute Gasteiger partial charge is 0.446 e. The number of urea groups is 1. The topological polar surface area (TPSA) is 77.1 Å². The highest BCUT2D eigenvalue weighted by atomic mass is 19.4. The minimum atomic E-state index is -5.08. The molecule has 1 aromatic carbocycles. The summed E-state index contributed by atoms with van der Waals surface area (Å²) in [6.07, 6.45) is -5.08. The number of hydrogen-bond donors (Lipinski definition) is 1. The van der Waals surface area contributed by atoms with E-state index in [1.54, 1.807) is 11.4 Å². The van der Waals surface area contributed by atoms with E-state index in [4.69, 9.17) is 9.47 Å². The maximum Gasteiger partial charge on any atom is 0.446 e. The zero-order chi connectivity index (χ0) is 17.5. The van der Waals surface area contributed by atoms with Gasteiger partial charge in [-0.15, -0.1) is 0 Å². The van der Waals surface area contributed by atoms with E-state index in [1.807, 2.05) is 0 Å². The van der Waals surface area contributed by atoms with Crippen molar-refractivity contribution in [1.82, 2.24) is 10.2 Å². The predicted molar refractivity (Wildman–Crippen MR) is 72.1 cm³/mol. The van der Waals surface area contributed by atoms with Gasteiger partial charge in [-0.25, -0.2) is 4.79 Å². The number of hydrogen-bond acceptors (Lipinski definition) is 5. The third-order valence-corrected chi connectivity index (χ3v) is 3.61. The van der Waals surface area contributed by atoms with Gasteiger partial charge in [0.05, 0.1) is 6.54 Å². The Hall–Kier alpha value is -2.49. The second kappa shape index (κ2) is 5.55. The third-order valence-electron chi connectivity index (χ3n) is 3.61. The van der Waals surface area contributed by atoms with Gasteiger partial charge in [0.1, 0.15) is 0 Å². The van der Waals surface area contributed by atoms with Crippen LogP contribution in [0.4, 0.5) is 18.0 Å². The maximum absolute atomic E-state index is 13.3. The molecule has 1 saturated heterocycles. The van der Waals surface area contributed by atoms with Gasteiger partial charge in [0.25, 0.3) is 5.91 Å². The first kappa shape index (κ1) is 16.4. The largest absolute Gasteiger partial charge is 0.454 e.